The second-order valence-electron chi connectivity index (χ2n) is 4.69. The zero-order valence-corrected chi connectivity index (χ0v) is 12.2. The standard InChI is InChI=1S/C14H18N4O3/c1-4-20-14(19)12-5-10(15)6-16-13(12)21-11-7-17-18(8-11)9(2)3/h5-9H,4,15H2,1-3H3. The predicted octanol–water partition coefficient (Wildman–Crippen LogP) is 2.41. The van der Waals surface area contributed by atoms with Crippen molar-refractivity contribution in [2.24, 2.45) is 0 Å². The minimum Gasteiger partial charge on any atom is -0.462 e. The molecular formula is C14H18N4O3. The first-order valence-electron chi connectivity index (χ1n) is 6.66. The average molecular weight is 290 g/mol. The number of carbonyl (C=O) groups is 1. The van der Waals surface area contributed by atoms with E-state index in [1.165, 1.54) is 12.3 Å². The number of pyridine rings is 1. The molecule has 0 aliphatic heterocycles. The Bertz CT molecular complexity index is 637. The number of aromatic nitrogens is 3. The Morgan fingerprint density at radius 2 is 2.19 bits per heavy atom. The number of anilines is 1. The van der Waals surface area contributed by atoms with E-state index in [1.807, 2.05) is 13.8 Å². The van der Waals surface area contributed by atoms with Crippen LogP contribution in [0.25, 0.3) is 0 Å². The van der Waals surface area contributed by atoms with Crippen molar-refractivity contribution in [1.29, 1.82) is 0 Å². The zero-order chi connectivity index (χ0) is 15.4. The maximum absolute atomic E-state index is 11.9. The van der Waals surface area contributed by atoms with E-state index < -0.39 is 5.97 Å². The van der Waals surface area contributed by atoms with Crippen molar-refractivity contribution >= 4 is 11.7 Å². The molecular weight excluding hydrogens is 272 g/mol. The number of esters is 1. The molecule has 112 valence electrons. The Labute approximate surface area is 122 Å². The lowest BCUT2D eigenvalue weighted by molar-refractivity contribution is 0.0523. The third-order valence-electron chi connectivity index (χ3n) is 2.69. The Morgan fingerprint density at radius 1 is 1.43 bits per heavy atom. The Hall–Kier alpha value is -2.57. The smallest absolute Gasteiger partial charge is 0.343 e. The van der Waals surface area contributed by atoms with Gasteiger partial charge in [-0.25, -0.2) is 9.78 Å². The molecule has 0 bridgehead atoms. The highest BCUT2D eigenvalue weighted by Gasteiger charge is 2.17. The van der Waals surface area contributed by atoms with Gasteiger partial charge in [0.1, 0.15) is 5.56 Å². The van der Waals surface area contributed by atoms with Gasteiger partial charge in [0.2, 0.25) is 5.88 Å². The van der Waals surface area contributed by atoms with Crippen LogP contribution in [0.3, 0.4) is 0 Å². The lowest BCUT2D eigenvalue weighted by Gasteiger charge is -2.09. The van der Waals surface area contributed by atoms with E-state index in [4.69, 9.17) is 15.2 Å². The second kappa shape index (κ2) is 6.25. The van der Waals surface area contributed by atoms with Crippen LogP contribution >= 0.6 is 0 Å². The lowest BCUT2D eigenvalue weighted by atomic mass is 10.2. The van der Waals surface area contributed by atoms with Crippen LogP contribution in [0, 0.1) is 0 Å². The highest BCUT2D eigenvalue weighted by Crippen LogP contribution is 2.25. The summed E-state index contributed by atoms with van der Waals surface area (Å²) >= 11 is 0. The van der Waals surface area contributed by atoms with Gasteiger partial charge in [0.15, 0.2) is 5.75 Å². The van der Waals surface area contributed by atoms with Gasteiger partial charge < -0.3 is 15.2 Å². The topological polar surface area (TPSA) is 92.3 Å². The average Bonchev–Trinajstić information content (AvgIpc) is 2.90. The normalized spacial score (nSPS) is 10.7. The molecule has 2 rings (SSSR count). The van der Waals surface area contributed by atoms with E-state index in [9.17, 15) is 4.79 Å². The van der Waals surface area contributed by atoms with Crippen molar-refractivity contribution in [3.05, 3.63) is 30.2 Å². The molecule has 0 spiro atoms. The molecule has 2 aromatic heterocycles. The number of rotatable bonds is 5. The fourth-order valence-electron chi connectivity index (χ4n) is 1.67. The molecule has 0 aliphatic carbocycles. The van der Waals surface area contributed by atoms with E-state index in [0.717, 1.165) is 0 Å². The summed E-state index contributed by atoms with van der Waals surface area (Å²) in [6.45, 7) is 5.99. The summed E-state index contributed by atoms with van der Waals surface area (Å²) in [7, 11) is 0. The molecule has 0 radical (unpaired) electrons. The fraction of sp³-hybridized carbons (Fsp3) is 0.357. The highest BCUT2D eigenvalue weighted by molar-refractivity contribution is 5.92. The Balaban J connectivity index is 2.28. The van der Waals surface area contributed by atoms with E-state index in [-0.39, 0.29) is 24.1 Å². The third kappa shape index (κ3) is 3.50. The molecule has 0 saturated heterocycles. The first kappa shape index (κ1) is 14.8. The molecule has 7 nitrogen and oxygen atoms in total. The van der Waals surface area contributed by atoms with Crippen molar-refractivity contribution in [2.75, 3.05) is 12.3 Å². The van der Waals surface area contributed by atoms with Crippen LogP contribution in [0.15, 0.2) is 24.7 Å². The SMILES string of the molecule is CCOC(=O)c1cc(N)cnc1Oc1cnn(C(C)C)c1. The molecule has 0 amide bonds. The number of carbonyl (C=O) groups excluding carboxylic acids is 1. The number of nitrogen functional groups attached to an aromatic ring is 1. The van der Waals surface area contributed by atoms with Crippen molar-refractivity contribution in [1.82, 2.24) is 14.8 Å². The van der Waals surface area contributed by atoms with E-state index in [0.29, 0.717) is 11.4 Å². The monoisotopic (exact) mass is 290 g/mol. The van der Waals surface area contributed by atoms with Gasteiger partial charge in [-0.2, -0.15) is 5.10 Å². The van der Waals surface area contributed by atoms with Crippen molar-refractivity contribution < 1.29 is 14.3 Å². The van der Waals surface area contributed by atoms with Crippen molar-refractivity contribution in [3.8, 4) is 11.6 Å². The van der Waals surface area contributed by atoms with Crippen LogP contribution in [0.1, 0.15) is 37.2 Å². The summed E-state index contributed by atoms with van der Waals surface area (Å²) in [5.74, 6) is 0.112. The van der Waals surface area contributed by atoms with Crippen LogP contribution < -0.4 is 10.5 Å². The Kier molecular flexibility index (Phi) is 4.42. The van der Waals surface area contributed by atoms with Crippen LogP contribution in [-0.4, -0.2) is 27.3 Å². The minimum absolute atomic E-state index is 0.144. The lowest BCUT2D eigenvalue weighted by Crippen LogP contribution is -2.08. The fourth-order valence-corrected chi connectivity index (χ4v) is 1.67. The molecule has 7 heteroatoms. The first-order valence-corrected chi connectivity index (χ1v) is 6.66. The molecule has 2 heterocycles. The summed E-state index contributed by atoms with van der Waals surface area (Å²) in [5, 5.41) is 4.16. The third-order valence-corrected chi connectivity index (χ3v) is 2.69. The van der Waals surface area contributed by atoms with Gasteiger partial charge in [0, 0.05) is 6.04 Å². The van der Waals surface area contributed by atoms with Crippen molar-refractivity contribution in [3.63, 3.8) is 0 Å². The highest BCUT2D eigenvalue weighted by atomic mass is 16.5. The van der Waals surface area contributed by atoms with Gasteiger partial charge in [-0.15, -0.1) is 0 Å². The summed E-state index contributed by atoms with van der Waals surface area (Å²) in [4.78, 5) is 15.9. The number of nitrogens with two attached hydrogens (primary N) is 1. The van der Waals surface area contributed by atoms with Gasteiger partial charge in [-0.1, -0.05) is 0 Å². The van der Waals surface area contributed by atoms with Gasteiger partial charge in [-0.05, 0) is 26.8 Å². The molecule has 2 aromatic rings. The van der Waals surface area contributed by atoms with Crippen molar-refractivity contribution in [2.45, 2.75) is 26.8 Å². The summed E-state index contributed by atoms with van der Waals surface area (Å²) < 4.78 is 12.3. The number of hydrogen-bond acceptors (Lipinski definition) is 6. The molecule has 2 N–H and O–H groups in total. The molecule has 0 saturated carbocycles. The quantitative estimate of drug-likeness (QED) is 0.850. The summed E-state index contributed by atoms with van der Waals surface area (Å²) in [6.07, 6.45) is 4.72. The van der Waals surface area contributed by atoms with Crippen LogP contribution in [0.2, 0.25) is 0 Å². The van der Waals surface area contributed by atoms with Gasteiger partial charge >= 0.3 is 5.97 Å². The second-order valence-corrected chi connectivity index (χ2v) is 4.69. The van der Waals surface area contributed by atoms with E-state index in [1.54, 1.807) is 24.0 Å². The van der Waals surface area contributed by atoms with Gasteiger partial charge in [-0.3, -0.25) is 4.68 Å². The Morgan fingerprint density at radius 3 is 2.81 bits per heavy atom. The summed E-state index contributed by atoms with van der Waals surface area (Å²) in [5.41, 5.74) is 6.21. The molecule has 0 unspecified atom stereocenters. The van der Waals surface area contributed by atoms with Gasteiger partial charge in [0.25, 0.3) is 0 Å². The molecule has 0 atom stereocenters. The first-order chi connectivity index (χ1) is 10.0. The molecule has 0 aliphatic rings. The number of hydrogen-bond donors (Lipinski definition) is 1. The molecule has 0 aromatic carbocycles. The zero-order valence-electron chi connectivity index (χ0n) is 12.2. The van der Waals surface area contributed by atoms with Gasteiger partial charge in [0.05, 0.1) is 30.9 Å². The largest absolute Gasteiger partial charge is 0.462 e. The molecule has 21 heavy (non-hydrogen) atoms. The molecule has 0 fully saturated rings. The number of nitrogens with zero attached hydrogens (tertiary/aromatic N) is 3. The summed E-state index contributed by atoms with van der Waals surface area (Å²) in [6, 6.07) is 1.69. The van der Waals surface area contributed by atoms with Crippen LogP contribution in [0.5, 0.6) is 11.6 Å². The predicted molar refractivity (Wildman–Crippen MR) is 77.3 cm³/mol. The van der Waals surface area contributed by atoms with Crippen LogP contribution in [-0.2, 0) is 4.74 Å². The minimum atomic E-state index is -0.524. The number of ether oxygens (including phenoxy) is 2. The maximum Gasteiger partial charge on any atom is 0.343 e. The maximum atomic E-state index is 11.9. The van der Waals surface area contributed by atoms with Crippen LogP contribution in [0.4, 0.5) is 5.69 Å². The van der Waals surface area contributed by atoms with E-state index >= 15 is 0 Å². The van der Waals surface area contributed by atoms with E-state index in [2.05, 4.69) is 10.1 Å².